The van der Waals surface area contributed by atoms with Crippen LogP contribution in [0.15, 0.2) is 48.5 Å². The molecule has 2 aromatic rings. The normalized spacial score (nSPS) is 19.6. The van der Waals surface area contributed by atoms with E-state index < -0.39 is 0 Å². The fourth-order valence-electron chi connectivity index (χ4n) is 3.25. The van der Waals surface area contributed by atoms with Gasteiger partial charge in [0.2, 0.25) is 5.91 Å². The van der Waals surface area contributed by atoms with Crippen molar-refractivity contribution >= 4 is 23.2 Å². The number of ether oxygens (including phenoxy) is 1. The molecule has 2 unspecified atom stereocenters. The summed E-state index contributed by atoms with van der Waals surface area (Å²) >= 11 is 0. The van der Waals surface area contributed by atoms with Crippen LogP contribution in [0, 0.1) is 0 Å². The van der Waals surface area contributed by atoms with Crippen molar-refractivity contribution in [3.05, 3.63) is 59.7 Å². The Morgan fingerprint density at radius 3 is 2.22 bits per heavy atom. The molecule has 27 heavy (non-hydrogen) atoms. The van der Waals surface area contributed by atoms with E-state index >= 15 is 0 Å². The molecule has 142 valence electrons. The maximum absolute atomic E-state index is 12.7. The van der Waals surface area contributed by atoms with Crippen molar-refractivity contribution in [1.29, 1.82) is 0 Å². The predicted octanol–water partition coefficient (Wildman–Crippen LogP) is 2.70. The molecule has 2 atom stereocenters. The quantitative estimate of drug-likeness (QED) is 0.814. The zero-order valence-electron chi connectivity index (χ0n) is 15.6. The molecular weight excluding hydrogens is 342 g/mol. The average Bonchev–Trinajstić information content (AvgIpc) is 2.63. The van der Waals surface area contributed by atoms with Gasteiger partial charge in [-0.05, 0) is 55.8 Å². The number of nitrogens with zero attached hydrogens (tertiary/aromatic N) is 1. The van der Waals surface area contributed by atoms with Gasteiger partial charge >= 0.3 is 0 Å². The molecule has 3 N–H and O–H groups in total. The highest BCUT2D eigenvalue weighted by Crippen LogP contribution is 2.17. The minimum atomic E-state index is -0.116. The second-order valence-electron chi connectivity index (χ2n) is 7.01. The van der Waals surface area contributed by atoms with Crippen LogP contribution in [0.5, 0.6) is 0 Å². The highest BCUT2D eigenvalue weighted by molar-refractivity contribution is 5.96. The Morgan fingerprint density at radius 2 is 1.63 bits per heavy atom. The van der Waals surface area contributed by atoms with Crippen LogP contribution < -0.4 is 11.1 Å². The van der Waals surface area contributed by atoms with E-state index in [4.69, 9.17) is 10.5 Å². The van der Waals surface area contributed by atoms with Gasteiger partial charge in [-0.15, -0.1) is 0 Å². The number of hydrogen-bond acceptors (Lipinski definition) is 4. The minimum absolute atomic E-state index is 0.0169. The maximum Gasteiger partial charge on any atom is 0.254 e. The Kier molecular flexibility index (Phi) is 5.76. The van der Waals surface area contributed by atoms with E-state index in [-0.39, 0.29) is 30.4 Å². The van der Waals surface area contributed by atoms with E-state index in [1.807, 2.05) is 30.9 Å². The smallest absolute Gasteiger partial charge is 0.254 e. The van der Waals surface area contributed by atoms with Crippen molar-refractivity contribution in [2.24, 2.45) is 0 Å². The Hall–Kier alpha value is -2.86. The van der Waals surface area contributed by atoms with E-state index in [1.165, 1.54) is 0 Å². The van der Waals surface area contributed by atoms with Gasteiger partial charge in [0.25, 0.3) is 5.91 Å². The van der Waals surface area contributed by atoms with Crippen LogP contribution in [0.25, 0.3) is 0 Å². The third kappa shape index (κ3) is 5.08. The number of nitrogen functional groups attached to an aromatic ring is 1. The van der Waals surface area contributed by atoms with E-state index in [1.54, 1.807) is 36.4 Å². The number of rotatable bonds is 4. The summed E-state index contributed by atoms with van der Waals surface area (Å²) in [5.74, 6) is -0.133. The summed E-state index contributed by atoms with van der Waals surface area (Å²) in [6.07, 6.45) is 0.332. The number of anilines is 2. The lowest BCUT2D eigenvalue weighted by Gasteiger charge is -2.35. The summed E-state index contributed by atoms with van der Waals surface area (Å²) in [6, 6.07) is 14.2. The van der Waals surface area contributed by atoms with Crippen molar-refractivity contribution in [2.45, 2.75) is 32.5 Å². The SMILES string of the molecule is CC1CN(C(=O)c2ccc(NC(=O)Cc3ccc(N)cc3)cc2)CC(C)O1. The predicted molar refractivity (Wildman–Crippen MR) is 106 cm³/mol. The van der Waals surface area contributed by atoms with Gasteiger partial charge in [-0.2, -0.15) is 0 Å². The van der Waals surface area contributed by atoms with Gasteiger partial charge in [0.15, 0.2) is 0 Å². The summed E-state index contributed by atoms with van der Waals surface area (Å²) in [4.78, 5) is 26.7. The van der Waals surface area contributed by atoms with Gasteiger partial charge in [0.1, 0.15) is 0 Å². The van der Waals surface area contributed by atoms with Crippen molar-refractivity contribution in [1.82, 2.24) is 4.90 Å². The zero-order valence-corrected chi connectivity index (χ0v) is 15.6. The fourth-order valence-corrected chi connectivity index (χ4v) is 3.25. The second-order valence-corrected chi connectivity index (χ2v) is 7.01. The minimum Gasteiger partial charge on any atom is -0.399 e. The lowest BCUT2D eigenvalue weighted by atomic mass is 10.1. The van der Waals surface area contributed by atoms with Crippen LogP contribution in [0.3, 0.4) is 0 Å². The fraction of sp³-hybridized carbons (Fsp3) is 0.333. The van der Waals surface area contributed by atoms with Gasteiger partial charge in [-0.25, -0.2) is 0 Å². The molecule has 1 heterocycles. The van der Waals surface area contributed by atoms with Gasteiger partial charge in [0.05, 0.1) is 18.6 Å². The van der Waals surface area contributed by atoms with Crippen molar-refractivity contribution in [3.63, 3.8) is 0 Å². The van der Waals surface area contributed by atoms with E-state index in [2.05, 4.69) is 5.32 Å². The van der Waals surface area contributed by atoms with E-state index in [0.29, 0.717) is 30.0 Å². The third-order valence-corrected chi connectivity index (χ3v) is 4.47. The van der Waals surface area contributed by atoms with Gasteiger partial charge in [-0.3, -0.25) is 9.59 Å². The lowest BCUT2D eigenvalue weighted by Crippen LogP contribution is -2.48. The number of benzene rings is 2. The molecule has 1 aliphatic heterocycles. The molecule has 3 rings (SSSR count). The van der Waals surface area contributed by atoms with Crippen LogP contribution in [-0.4, -0.2) is 42.0 Å². The highest BCUT2D eigenvalue weighted by atomic mass is 16.5. The Labute approximate surface area is 159 Å². The summed E-state index contributed by atoms with van der Waals surface area (Å²) in [5, 5.41) is 2.85. The number of carbonyl (C=O) groups excluding carboxylic acids is 2. The molecule has 0 aliphatic carbocycles. The number of nitrogens with two attached hydrogens (primary N) is 1. The molecule has 6 heteroatoms. The van der Waals surface area contributed by atoms with E-state index in [0.717, 1.165) is 5.56 Å². The van der Waals surface area contributed by atoms with Crippen LogP contribution in [0.1, 0.15) is 29.8 Å². The standard InChI is InChI=1S/C21H25N3O3/c1-14-12-24(13-15(2)27-14)21(26)17-5-9-19(10-6-17)23-20(25)11-16-3-7-18(22)8-4-16/h3-10,14-15H,11-13,22H2,1-2H3,(H,23,25). The second kappa shape index (κ2) is 8.22. The number of hydrogen-bond donors (Lipinski definition) is 2. The molecule has 1 aliphatic rings. The van der Waals surface area contributed by atoms with Crippen LogP contribution in [0.2, 0.25) is 0 Å². The zero-order chi connectivity index (χ0) is 19.4. The Bertz CT molecular complexity index is 792. The first-order valence-corrected chi connectivity index (χ1v) is 9.10. The molecule has 0 bridgehead atoms. The van der Waals surface area contributed by atoms with E-state index in [9.17, 15) is 9.59 Å². The monoisotopic (exact) mass is 367 g/mol. The molecule has 6 nitrogen and oxygen atoms in total. The summed E-state index contributed by atoms with van der Waals surface area (Å²) in [6.45, 7) is 5.11. The van der Waals surface area contributed by atoms with Crippen LogP contribution >= 0.6 is 0 Å². The molecule has 0 radical (unpaired) electrons. The first-order chi connectivity index (χ1) is 12.9. The first-order valence-electron chi connectivity index (χ1n) is 9.10. The van der Waals surface area contributed by atoms with Gasteiger partial charge in [0, 0.05) is 30.0 Å². The van der Waals surface area contributed by atoms with Crippen molar-refractivity contribution < 1.29 is 14.3 Å². The molecule has 0 spiro atoms. The van der Waals surface area contributed by atoms with Gasteiger partial charge < -0.3 is 20.7 Å². The number of amides is 2. The molecule has 1 fully saturated rings. The highest BCUT2D eigenvalue weighted by Gasteiger charge is 2.26. The number of carbonyl (C=O) groups is 2. The average molecular weight is 367 g/mol. The third-order valence-electron chi connectivity index (χ3n) is 4.47. The molecule has 2 amide bonds. The summed E-state index contributed by atoms with van der Waals surface area (Å²) < 4.78 is 5.67. The van der Waals surface area contributed by atoms with Crippen LogP contribution in [0.4, 0.5) is 11.4 Å². The Balaban J connectivity index is 1.58. The summed E-state index contributed by atoms with van der Waals surface area (Å²) in [7, 11) is 0. The number of morpholine rings is 1. The molecule has 1 saturated heterocycles. The van der Waals surface area contributed by atoms with Crippen molar-refractivity contribution in [3.8, 4) is 0 Å². The Morgan fingerprint density at radius 1 is 1.04 bits per heavy atom. The molecular formula is C21H25N3O3. The maximum atomic E-state index is 12.7. The van der Waals surface area contributed by atoms with Gasteiger partial charge in [-0.1, -0.05) is 12.1 Å². The largest absolute Gasteiger partial charge is 0.399 e. The lowest BCUT2D eigenvalue weighted by molar-refractivity contribution is -0.115. The number of nitrogens with one attached hydrogen (secondary N) is 1. The topological polar surface area (TPSA) is 84.7 Å². The first kappa shape index (κ1) is 18.9. The molecule has 0 aromatic heterocycles. The van der Waals surface area contributed by atoms with Crippen molar-refractivity contribution in [2.75, 3.05) is 24.1 Å². The molecule has 0 saturated carbocycles. The molecule has 2 aromatic carbocycles. The van der Waals surface area contributed by atoms with Crippen LogP contribution in [-0.2, 0) is 16.0 Å². The summed E-state index contributed by atoms with van der Waals surface area (Å²) in [5.41, 5.74) is 8.48.